The van der Waals surface area contributed by atoms with Crippen LogP contribution in [-0.2, 0) is 0 Å². The highest BCUT2D eigenvalue weighted by Crippen LogP contribution is 2.30. The lowest BCUT2D eigenvalue weighted by molar-refractivity contribution is 0.318. The zero-order valence-corrected chi connectivity index (χ0v) is 13.6. The molecule has 0 unspecified atom stereocenters. The molecule has 0 saturated carbocycles. The number of amidine groups is 1. The van der Waals surface area contributed by atoms with E-state index in [4.69, 9.17) is 15.7 Å². The number of ether oxygens (including phenoxy) is 1. The van der Waals surface area contributed by atoms with Gasteiger partial charge in [-0.15, -0.1) is 0 Å². The molecule has 110 valence electrons. The number of benzene rings is 1. The van der Waals surface area contributed by atoms with Crippen molar-refractivity contribution in [3.63, 3.8) is 0 Å². The highest BCUT2D eigenvalue weighted by molar-refractivity contribution is 9.10. The van der Waals surface area contributed by atoms with Crippen LogP contribution in [0.25, 0.3) is 0 Å². The molecule has 5 nitrogen and oxygen atoms in total. The Morgan fingerprint density at radius 1 is 1.24 bits per heavy atom. The number of aryl methyl sites for hydroxylation is 3. The predicted molar refractivity (Wildman–Crippen MR) is 85.2 cm³/mol. The molecule has 0 aliphatic heterocycles. The largest absolute Gasteiger partial charge is 0.438 e. The first-order valence-electron chi connectivity index (χ1n) is 6.32. The van der Waals surface area contributed by atoms with Crippen molar-refractivity contribution in [2.24, 2.45) is 10.9 Å². The minimum absolute atomic E-state index is 0.0388. The molecular weight excluding hydrogens is 334 g/mol. The van der Waals surface area contributed by atoms with Crippen LogP contribution >= 0.6 is 15.9 Å². The molecular formula is C15H16BrN3O2. The van der Waals surface area contributed by atoms with Gasteiger partial charge < -0.3 is 15.7 Å². The first-order valence-corrected chi connectivity index (χ1v) is 7.12. The maximum absolute atomic E-state index is 8.85. The van der Waals surface area contributed by atoms with Crippen molar-refractivity contribution in [1.29, 1.82) is 0 Å². The van der Waals surface area contributed by atoms with Crippen molar-refractivity contribution in [3.05, 3.63) is 51.1 Å². The summed E-state index contributed by atoms with van der Waals surface area (Å²) in [4.78, 5) is 4.31. The monoisotopic (exact) mass is 349 g/mol. The van der Waals surface area contributed by atoms with Crippen LogP contribution in [0, 0.1) is 20.8 Å². The molecule has 0 bridgehead atoms. The van der Waals surface area contributed by atoms with Gasteiger partial charge in [0, 0.05) is 10.2 Å². The summed E-state index contributed by atoms with van der Waals surface area (Å²) in [6.07, 6.45) is 0. The molecule has 1 aromatic carbocycles. The quantitative estimate of drug-likeness (QED) is 0.383. The van der Waals surface area contributed by atoms with E-state index >= 15 is 0 Å². The fourth-order valence-corrected chi connectivity index (χ4v) is 2.17. The van der Waals surface area contributed by atoms with E-state index in [0.29, 0.717) is 17.2 Å². The van der Waals surface area contributed by atoms with E-state index in [2.05, 4.69) is 26.1 Å². The van der Waals surface area contributed by atoms with Crippen LogP contribution in [0.15, 0.2) is 33.9 Å². The molecule has 6 heteroatoms. The Kier molecular flexibility index (Phi) is 4.47. The molecule has 2 aromatic rings. The van der Waals surface area contributed by atoms with Crippen LogP contribution < -0.4 is 10.5 Å². The highest BCUT2D eigenvalue weighted by atomic mass is 79.9. The smallest absolute Gasteiger partial charge is 0.230 e. The zero-order chi connectivity index (χ0) is 15.6. The third-order valence-corrected chi connectivity index (χ3v) is 4.26. The zero-order valence-electron chi connectivity index (χ0n) is 12.0. The number of hydrogen-bond acceptors (Lipinski definition) is 4. The van der Waals surface area contributed by atoms with Crippen molar-refractivity contribution >= 4 is 21.8 Å². The second-order valence-electron chi connectivity index (χ2n) is 4.76. The minimum atomic E-state index is -0.0388. The summed E-state index contributed by atoms with van der Waals surface area (Å²) in [6.45, 7) is 5.82. The van der Waals surface area contributed by atoms with Crippen LogP contribution in [0.1, 0.15) is 22.4 Å². The number of nitrogens with zero attached hydrogens (tertiary/aromatic N) is 2. The lowest BCUT2D eigenvalue weighted by Gasteiger charge is -2.12. The fraction of sp³-hybridized carbons (Fsp3) is 0.200. The Hall–Kier alpha value is -2.08. The number of aromatic nitrogens is 1. The maximum atomic E-state index is 8.85. The Morgan fingerprint density at radius 3 is 2.43 bits per heavy atom. The lowest BCUT2D eigenvalue weighted by atomic mass is 10.1. The van der Waals surface area contributed by atoms with Gasteiger partial charge in [-0.1, -0.05) is 21.1 Å². The van der Waals surface area contributed by atoms with Crippen LogP contribution in [-0.4, -0.2) is 16.0 Å². The van der Waals surface area contributed by atoms with Crippen molar-refractivity contribution in [3.8, 4) is 11.6 Å². The van der Waals surface area contributed by atoms with Crippen molar-refractivity contribution in [2.45, 2.75) is 20.8 Å². The van der Waals surface area contributed by atoms with E-state index in [0.717, 1.165) is 21.3 Å². The topological polar surface area (TPSA) is 80.7 Å². The molecule has 0 aliphatic carbocycles. The maximum Gasteiger partial charge on any atom is 0.230 e. The summed E-state index contributed by atoms with van der Waals surface area (Å²) in [6, 6.07) is 7.29. The minimum Gasteiger partial charge on any atom is -0.438 e. The number of halogens is 1. The van der Waals surface area contributed by atoms with Crippen molar-refractivity contribution in [1.82, 2.24) is 4.98 Å². The van der Waals surface area contributed by atoms with Gasteiger partial charge in [0.1, 0.15) is 5.75 Å². The van der Waals surface area contributed by atoms with E-state index in [1.54, 1.807) is 12.1 Å². The van der Waals surface area contributed by atoms with Crippen molar-refractivity contribution < 1.29 is 9.94 Å². The highest BCUT2D eigenvalue weighted by Gasteiger charge is 2.12. The number of oxime groups is 1. The molecule has 0 amide bonds. The molecule has 0 aliphatic rings. The summed E-state index contributed by atoms with van der Waals surface area (Å²) >= 11 is 3.52. The molecule has 2 rings (SSSR count). The summed E-state index contributed by atoms with van der Waals surface area (Å²) in [5.74, 6) is 0.924. The number of hydrogen-bond donors (Lipinski definition) is 2. The van der Waals surface area contributed by atoms with E-state index in [9.17, 15) is 0 Å². The Morgan fingerprint density at radius 2 is 1.86 bits per heavy atom. The fourth-order valence-electron chi connectivity index (χ4n) is 1.94. The van der Waals surface area contributed by atoms with Crippen LogP contribution in [0.3, 0.4) is 0 Å². The SMILES string of the molecule is Cc1ccc(/C(N)=N/O)c(Oc2cc(C)c(Br)c(C)c2)n1. The predicted octanol–water partition coefficient (Wildman–Crippen LogP) is 3.66. The molecule has 0 fully saturated rings. The molecule has 0 spiro atoms. The number of pyridine rings is 1. The van der Waals surface area contributed by atoms with Gasteiger partial charge in [0.25, 0.3) is 0 Å². The standard InChI is InChI=1S/C15H16BrN3O2/c1-8-6-11(7-9(2)13(8)16)21-15-12(14(17)19-20)5-4-10(3)18-15/h4-7,20H,1-3H3,(H2,17,19). The Balaban J connectivity index is 2.46. The molecule has 3 N–H and O–H groups in total. The first-order chi connectivity index (χ1) is 9.92. The van der Waals surface area contributed by atoms with Gasteiger partial charge in [-0.2, -0.15) is 0 Å². The first kappa shape index (κ1) is 15.3. The van der Waals surface area contributed by atoms with E-state index in [-0.39, 0.29) is 5.84 Å². The second kappa shape index (κ2) is 6.13. The van der Waals surface area contributed by atoms with E-state index in [1.165, 1.54) is 0 Å². The second-order valence-corrected chi connectivity index (χ2v) is 5.56. The van der Waals surface area contributed by atoms with Gasteiger partial charge in [0.2, 0.25) is 5.88 Å². The summed E-state index contributed by atoms with van der Waals surface area (Å²) in [5.41, 5.74) is 9.00. The van der Waals surface area contributed by atoms with Gasteiger partial charge in [0.05, 0.1) is 5.56 Å². The molecule has 0 radical (unpaired) electrons. The molecule has 1 aromatic heterocycles. The van der Waals surface area contributed by atoms with Crippen LogP contribution in [0.2, 0.25) is 0 Å². The molecule has 0 saturated heterocycles. The summed E-state index contributed by atoms with van der Waals surface area (Å²) in [7, 11) is 0. The molecule has 21 heavy (non-hydrogen) atoms. The van der Waals surface area contributed by atoms with E-state index in [1.807, 2.05) is 32.9 Å². The van der Waals surface area contributed by atoms with Gasteiger partial charge >= 0.3 is 0 Å². The van der Waals surface area contributed by atoms with Gasteiger partial charge in [-0.3, -0.25) is 0 Å². The Labute approximate surface area is 131 Å². The van der Waals surface area contributed by atoms with E-state index < -0.39 is 0 Å². The van der Waals surface area contributed by atoms with Gasteiger partial charge in [0.15, 0.2) is 5.84 Å². The lowest BCUT2D eigenvalue weighted by Crippen LogP contribution is -2.15. The summed E-state index contributed by atoms with van der Waals surface area (Å²) in [5, 5.41) is 11.9. The number of nitrogens with two attached hydrogens (primary N) is 1. The Bertz CT molecular complexity index is 691. The van der Waals surface area contributed by atoms with Crippen molar-refractivity contribution in [2.75, 3.05) is 0 Å². The van der Waals surface area contributed by atoms with Gasteiger partial charge in [-0.25, -0.2) is 4.98 Å². The third-order valence-electron chi connectivity index (χ3n) is 3.01. The number of rotatable bonds is 3. The summed E-state index contributed by atoms with van der Waals surface area (Å²) < 4.78 is 6.87. The molecule has 0 atom stereocenters. The third kappa shape index (κ3) is 3.33. The normalized spacial score (nSPS) is 11.5. The van der Waals surface area contributed by atoms with Gasteiger partial charge in [-0.05, 0) is 56.2 Å². The average molecular weight is 350 g/mol. The molecule has 1 heterocycles. The van der Waals surface area contributed by atoms with Crippen LogP contribution in [0.4, 0.5) is 0 Å². The van der Waals surface area contributed by atoms with Crippen LogP contribution in [0.5, 0.6) is 11.6 Å². The average Bonchev–Trinajstić information content (AvgIpc) is 2.44.